The molecule has 0 unspecified atom stereocenters. The summed E-state index contributed by atoms with van der Waals surface area (Å²) in [7, 11) is 0. The standard InChI is InChI=1S/C18H20BrNO4/c19-18-8-12-5-13(9-18)7-17(6-12,11-18)10-16(21)24-15-3-1-14(2-4-15)20(22)23/h1-4,12-13H,5-11H2/t12-,13-,17?,18?/m0/s1. The van der Waals surface area contributed by atoms with Gasteiger partial charge in [-0.2, -0.15) is 0 Å². The van der Waals surface area contributed by atoms with Gasteiger partial charge in [-0.1, -0.05) is 15.9 Å². The highest BCUT2D eigenvalue weighted by Crippen LogP contribution is 2.65. The number of benzene rings is 1. The Hall–Kier alpha value is -1.43. The molecular weight excluding hydrogens is 374 g/mol. The second-order valence-corrected chi connectivity index (χ2v) is 9.70. The van der Waals surface area contributed by atoms with Gasteiger partial charge in [-0.05, 0) is 67.9 Å². The fourth-order valence-corrected chi connectivity index (χ4v) is 7.16. The van der Waals surface area contributed by atoms with Crippen LogP contribution in [0.25, 0.3) is 0 Å². The van der Waals surface area contributed by atoms with Crippen LogP contribution in [0.2, 0.25) is 0 Å². The first-order valence-electron chi connectivity index (χ1n) is 8.49. The number of alkyl halides is 1. The summed E-state index contributed by atoms with van der Waals surface area (Å²) in [5.74, 6) is 1.63. The monoisotopic (exact) mass is 393 g/mol. The van der Waals surface area contributed by atoms with E-state index in [0.29, 0.717) is 12.2 Å². The van der Waals surface area contributed by atoms with Crippen LogP contribution in [0.1, 0.15) is 44.9 Å². The number of non-ortho nitro benzene ring substituents is 1. The lowest BCUT2D eigenvalue weighted by Crippen LogP contribution is -2.53. The molecule has 5 rings (SSSR count). The molecule has 0 aliphatic heterocycles. The molecular formula is C18H20BrNO4. The Kier molecular flexibility index (Phi) is 3.71. The Morgan fingerprint density at radius 3 is 2.38 bits per heavy atom. The van der Waals surface area contributed by atoms with E-state index < -0.39 is 4.92 Å². The molecule has 2 atom stereocenters. The third kappa shape index (κ3) is 2.96. The van der Waals surface area contributed by atoms with Crippen LogP contribution in [-0.4, -0.2) is 15.2 Å². The van der Waals surface area contributed by atoms with Crippen LogP contribution < -0.4 is 4.74 Å². The van der Waals surface area contributed by atoms with E-state index in [1.807, 2.05) is 0 Å². The molecule has 4 aliphatic rings. The molecule has 4 aliphatic carbocycles. The fourth-order valence-electron chi connectivity index (χ4n) is 5.65. The number of nitrogens with zero attached hydrogens (tertiary/aromatic N) is 1. The van der Waals surface area contributed by atoms with Crippen molar-refractivity contribution in [3.63, 3.8) is 0 Å². The van der Waals surface area contributed by atoms with E-state index in [2.05, 4.69) is 15.9 Å². The van der Waals surface area contributed by atoms with Crippen LogP contribution in [0, 0.1) is 27.4 Å². The SMILES string of the molecule is O=C(CC12C[C@@H]3C[C@H](CC(Br)(C3)C1)C2)Oc1ccc([N+](=O)[O-])cc1. The topological polar surface area (TPSA) is 69.4 Å². The van der Waals surface area contributed by atoms with E-state index >= 15 is 0 Å². The molecule has 0 spiro atoms. The van der Waals surface area contributed by atoms with Crippen molar-refractivity contribution in [2.24, 2.45) is 17.3 Å². The van der Waals surface area contributed by atoms with Gasteiger partial charge in [-0.15, -0.1) is 0 Å². The lowest BCUT2D eigenvalue weighted by atomic mass is 9.49. The first-order chi connectivity index (χ1) is 11.3. The highest BCUT2D eigenvalue weighted by atomic mass is 79.9. The van der Waals surface area contributed by atoms with Crippen molar-refractivity contribution in [3.8, 4) is 5.75 Å². The highest BCUT2D eigenvalue weighted by Gasteiger charge is 2.57. The van der Waals surface area contributed by atoms with Crippen LogP contribution in [0.5, 0.6) is 5.75 Å². The van der Waals surface area contributed by atoms with E-state index in [1.54, 1.807) is 0 Å². The Labute approximate surface area is 149 Å². The average Bonchev–Trinajstić information content (AvgIpc) is 2.44. The predicted octanol–water partition coefficient (Wildman–Crippen LogP) is 4.62. The van der Waals surface area contributed by atoms with Gasteiger partial charge >= 0.3 is 5.97 Å². The minimum Gasteiger partial charge on any atom is -0.427 e. The molecule has 0 heterocycles. The summed E-state index contributed by atoms with van der Waals surface area (Å²) >= 11 is 3.95. The van der Waals surface area contributed by atoms with Crippen molar-refractivity contribution < 1.29 is 14.5 Å². The third-order valence-corrected chi connectivity index (χ3v) is 6.84. The van der Waals surface area contributed by atoms with Gasteiger partial charge in [-0.25, -0.2) is 0 Å². The number of hydrogen-bond acceptors (Lipinski definition) is 4. The third-order valence-electron chi connectivity index (χ3n) is 5.91. The number of hydrogen-bond donors (Lipinski definition) is 0. The van der Waals surface area contributed by atoms with Crippen molar-refractivity contribution in [3.05, 3.63) is 34.4 Å². The van der Waals surface area contributed by atoms with Crippen LogP contribution >= 0.6 is 15.9 Å². The largest absolute Gasteiger partial charge is 0.427 e. The number of nitro benzene ring substituents is 1. The number of carbonyl (C=O) groups is 1. The summed E-state index contributed by atoms with van der Waals surface area (Å²) < 4.78 is 5.67. The smallest absolute Gasteiger partial charge is 0.311 e. The summed E-state index contributed by atoms with van der Waals surface area (Å²) in [6, 6.07) is 5.70. The molecule has 0 amide bonds. The van der Waals surface area contributed by atoms with Crippen LogP contribution in [0.15, 0.2) is 24.3 Å². The van der Waals surface area contributed by atoms with Crippen molar-refractivity contribution in [2.75, 3.05) is 0 Å². The first-order valence-corrected chi connectivity index (χ1v) is 9.28. The summed E-state index contributed by atoms with van der Waals surface area (Å²) in [4.78, 5) is 22.7. The lowest BCUT2D eigenvalue weighted by molar-refractivity contribution is -0.384. The summed E-state index contributed by atoms with van der Waals surface area (Å²) in [5, 5.41) is 10.7. The van der Waals surface area contributed by atoms with Crippen molar-refractivity contribution in [1.29, 1.82) is 0 Å². The number of nitro groups is 1. The van der Waals surface area contributed by atoms with Crippen LogP contribution in [0.4, 0.5) is 5.69 Å². The maximum atomic E-state index is 12.4. The van der Waals surface area contributed by atoms with Gasteiger partial charge in [0, 0.05) is 16.5 Å². The molecule has 0 N–H and O–H groups in total. The van der Waals surface area contributed by atoms with Gasteiger partial charge in [0.2, 0.25) is 0 Å². The van der Waals surface area contributed by atoms with E-state index in [0.717, 1.165) is 31.1 Å². The quantitative estimate of drug-likeness (QED) is 0.246. The number of esters is 1. The molecule has 6 heteroatoms. The lowest BCUT2D eigenvalue weighted by Gasteiger charge is -2.60. The second-order valence-electron chi connectivity index (χ2n) is 8.01. The van der Waals surface area contributed by atoms with Crippen LogP contribution in [0.3, 0.4) is 0 Å². The second kappa shape index (κ2) is 5.55. The molecule has 1 aromatic rings. The molecule has 128 valence electrons. The van der Waals surface area contributed by atoms with E-state index in [-0.39, 0.29) is 21.4 Å². The van der Waals surface area contributed by atoms with E-state index in [4.69, 9.17) is 4.74 Å². The minimum atomic E-state index is -0.462. The number of rotatable bonds is 4. The summed E-state index contributed by atoms with van der Waals surface area (Å²) in [6.07, 6.45) is 7.56. The molecule has 0 radical (unpaired) electrons. The molecule has 1 aromatic carbocycles. The molecule has 24 heavy (non-hydrogen) atoms. The molecule has 4 bridgehead atoms. The average molecular weight is 394 g/mol. The van der Waals surface area contributed by atoms with Crippen molar-refractivity contribution in [2.45, 2.75) is 49.3 Å². The van der Waals surface area contributed by atoms with Crippen molar-refractivity contribution in [1.82, 2.24) is 0 Å². The highest BCUT2D eigenvalue weighted by molar-refractivity contribution is 9.10. The zero-order valence-electron chi connectivity index (χ0n) is 13.4. The maximum absolute atomic E-state index is 12.4. The Balaban J connectivity index is 1.43. The van der Waals surface area contributed by atoms with E-state index in [9.17, 15) is 14.9 Å². The molecule has 5 nitrogen and oxygen atoms in total. The van der Waals surface area contributed by atoms with Gasteiger partial charge in [-0.3, -0.25) is 14.9 Å². The van der Waals surface area contributed by atoms with Gasteiger partial charge in [0.1, 0.15) is 5.75 Å². The van der Waals surface area contributed by atoms with Gasteiger partial charge in [0.25, 0.3) is 5.69 Å². The Morgan fingerprint density at radius 2 is 1.83 bits per heavy atom. The van der Waals surface area contributed by atoms with E-state index in [1.165, 1.54) is 43.5 Å². The first kappa shape index (κ1) is 16.1. The minimum absolute atomic E-state index is 0.00267. The van der Waals surface area contributed by atoms with Gasteiger partial charge < -0.3 is 4.74 Å². The van der Waals surface area contributed by atoms with Gasteiger partial charge in [0.05, 0.1) is 11.3 Å². The van der Waals surface area contributed by atoms with Gasteiger partial charge in [0.15, 0.2) is 0 Å². The fraction of sp³-hybridized carbons (Fsp3) is 0.611. The zero-order chi connectivity index (χ0) is 16.9. The normalized spacial score (nSPS) is 36.5. The number of ether oxygens (including phenoxy) is 1. The molecule has 0 aromatic heterocycles. The maximum Gasteiger partial charge on any atom is 0.311 e. The Morgan fingerprint density at radius 1 is 1.21 bits per heavy atom. The Bertz CT molecular complexity index is 673. The number of halogens is 1. The summed E-state index contributed by atoms with van der Waals surface area (Å²) in [5.41, 5.74) is 0.0722. The predicted molar refractivity (Wildman–Crippen MR) is 92.1 cm³/mol. The van der Waals surface area contributed by atoms with Crippen molar-refractivity contribution >= 4 is 27.6 Å². The molecule has 0 saturated heterocycles. The zero-order valence-corrected chi connectivity index (χ0v) is 15.0. The van der Waals surface area contributed by atoms with Crippen LogP contribution in [-0.2, 0) is 4.79 Å². The molecule has 4 saturated carbocycles. The molecule has 4 fully saturated rings. The summed E-state index contributed by atoms with van der Waals surface area (Å²) in [6.45, 7) is 0. The number of carbonyl (C=O) groups excluding carboxylic acids is 1.